The fourth-order valence-corrected chi connectivity index (χ4v) is 2.99. The summed E-state index contributed by atoms with van der Waals surface area (Å²) in [6.07, 6.45) is 0. The van der Waals surface area contributed by atoms with E-state index < -0.39 is 12.0 Å². The van der Waals surface area contributed by atoms with Gasteiger partial charge in [-0.05, 0) is 18.4 Å². The van der Waals surface area contributed by atoms with Crippen molar-refractivity contribution >= 4 is 23.2 Å². The minimum Gasteiger partial charge on any atom is -0.480 e. The van der Waals surface area contributed by atoms with E-state index in [-0.39, 0.29) is 18.5 Å². The summed E-state index contributed by atoms with van der Waals surface area (Å²) in [4.78, 5) is 26.0. The second-order valence-corrected chi connectivity index (χ2v) is 5.81. The third-order valence-electron chi connectivity index (χ3n) is 3.33. The van der Waals surface area contributed by atoms with Crippen molar-refractivity contribution in [2.75, 3.05) is 26.2 Å². The Balaban J connectivity index is 1.88. The Hall–Kier alpha value is -1.44. The number of hydrogen-bond donors (Lipinski definition) is 3. The molecule has 1 aromatic heterocycles. The summed E-state index contributed by atoms with van der Waals surface area (Å²) < 4.78 is 0. The highest BCUT2D eigenvalue weighted by Gasteiger charge is 2.29. The summed E-state index contributed by atoms with van der Waals surface area (Å²) in [7, 11) is 0. The van der Waals surface area contributed by atoms with Gasteiger partial charge in [-0.3, -0.25) is 14.5 Å². The number of thiophene rings is 1. The van der Waals surface area contributed by atoms with E-state index in [0.717, 1.165) is 4.88 Å². The first-order valence-electron chi connectivity index (χ1n) is 6.58. The second-order valence-electron chi connectivity index (χ2n) is 4.83. The summed E-state index contributed by atoms with van der Waals surface area (Å²) in [5, 5.41) is 17.0. The molecule has 0 spiro atoms. The zero-order chi connectivity index (χ0) is 14.5. The third-order valence-corrected chi connectivity index (χ3v) is 4.39. The Morgan fingerprint density at radius 3 is 3.10 bits per heavy atom. The lowest BCUT2D eigenvalue weighted by Crippen LogP contribution is -2.57. The number of nitrogens with one attached hydrogen (secondary N) is 2. The summed E-state index contributed by atoms with van der Waals surface area (Å²) in [6, 6.07) is 3.24. The minimum absolute atomic E-state index is 0.0475. The number of hydrogen-bond acceptors (Lipinski definition) is 5. The predicted octanol–water partition coefficient (Wildman–Crippen LogP) is 0.284. The van der Waals surface area contributed by atoms with Crippen LogP contribution in [0, 0.1) is 0 Å². The van der Waals surface area contributed by atoms with Crippen LogP contribution in [0.1, 0.15) is 17.8 Å². The Labute approximate surface area is 121 Å². The molecule has 1 saturated heterocycles. The number of nitrogens with zero attached hydrogens (tertiary/aromatic N) is 1. The summed E-state index contributed by atoms with van der Waals surface area (Å²) >= 11 is 1.59. The van der Waals surface area contributed by atoms with E-state index in [4.69, 9.17) is 5.11 Å². The molecular formula is C13H19N3O3S. The maximum atomic E-state index is 12.0. The number of aliphatic carboxylic acids is 1. The molecule has 2 atom stereocenters. The van der Waals surface area contributed by atoms with E-state index >= 15 is 0 Å². The molecule has 1 amide bonds. The van der Waals surface area contributed by atoms with Gasteiger partial charge in [-0.2, -0.15) is 0 Å². The van der Waals surface area contributed by atoms with Gasteiger partial charge < -0.3 is 15.7 Å². The van der Waals surface area contributed by atoms with Crippen molar-refractivity contribution in [1.29, 1.82) is 0 Å². The molecule has 7 heteroatoms. The van der Waals surface area contributed by atoms with Crippen LogP contribution >= 0.6 is 11.3 Å². The quantitative estimate of drug-likeness (QED) is 0.727. The monoisotopic (exact) mass is 297 g/mol. The van der Waals surface area contributed by atoms with Crippen LogP contribution in [0.5, 0.6) is 0 Å². The van der Waals surface area contributed by atoms with Crippen LogP contribution < -0.4 is 10.6 Å². The molecule has 1 aliphatic rings. The van der Waals surface area contributed by atoms with Gasteiger partial charge >= 0.3 is 5.97 Å². The molecule has 2 rings (SSSR count). The SMILES string of the molecule is CC(NC(=O)CN1CCNCC1C(=O)O)c1cccs1. The lowest BCUT2D eigenvalue weighted by molar-refractivity contribution is -0.144. The molecule has 1 fully saturated rings. The number of carboxylic acids is 1. The van der Waals surface area contributed by atoms with Crippen LogP contribution in [0.3, 0.4) is 0 Å². The standard InChI is InChI=1S/C13H19N3O3S/c1-9(11-3-2-6-20-11)15-12(17)8-16-5-4-14-7-10(16)13(18)19/h2-3,6,9-10,14H,4-5,7-8H2,1H3,(H,15,17)(H,18,19). The van der Waals surface area contributed by atoms with Crippen LogP contribution in [0.4, 0.5) is 0 Å². The van der Waals surface area contributed by atoms with Gasteiger partial charge in [0.25, 0.3) is 0 Å². The van der Waals surface area contributed by atoms with Crippen LogP contribution in [0.2, 0.25) is 0 Å². The molecule has 110 valence electrons. The number of amides is 1. The van der Waals surface area contributed by atoms with Gasteiger partial charge in [0.15, 0.2) is 0 Å². The van der Waals surface area contributed by atoms with E-state index in [1.807, 2.05) is 24.4 Å². The molecule has 1 aliphatic heterocycles. The van der Waals surface area contributed by atoms with E-state index in [1.54, 1.807) is 16.2 Å². The number of piperazine rings is 1. The molecule has 0 aliphatic carbocycles. The normalized spacial score (nSPS) is 21.4. The van der Waals surface area contributed by atoms with Crippen LogP contribution in [0.25, 0.3) is 0 Å². The fraction of sp³-hybridized carbons (Fsp3) is 0.538. The highest BCUT2D eigenvalue weighted by molar-refractivity contribution is 7.10. The summed E-state index contributed by atoms with van der Waals surface area (Å²) in [6.45, 7) is 3.70. The van der Waals surface area contributed by atoms with Gasteiger partial charge in [0, 0.05) is 24.5 Å². The zero-order valence-corrected chi connectivity index (χ0v) is 12.2. The van der Waals surface area contributed by atoms with Crippen LogP contribution in [0.15, 0.2) is 17.5 Å². The lowest BCUT2D eigenvalue weighted by atomic mass is 10.2. The molecule has 20 heavy (non-hydrogen) atoms. The molecule has 0 aromatic carbocycles. The lowest BCUT2D eigenvalue weighted by Gasteiger charge is -2.33. The highest BCUT2D eigenvalue weighted by atomic mass is 32.1. The Morgan fingerprint density at radius 2 is 2.45 bits per heavy atom. The smallest absolute Gasteiger partial charge is 0.322 e. The molecular weight excluding hydrogens is 278 g/mol. The van der Waals surface area contributed by atoms with Gasteiger partial charge in [-0.25, -0.2) is 0 Å². The molecule has 3 N–H and O–H groups in total. The molecule has 0 saturated carbocycles. The number of rotatable bonds is 5. The molecule has 1 aromatic rings. The summed E-state index contributed by atoms with van der Waals surface area (Å²) in [5.74, 6) is -1.03. The van der Waals surface area contributed by atoms with Crippen LogP contribution in [-0.4, -0.2) is 54.1 Å². The van der Waals surface area contributed by atoms with Gasteiger partial charge in [-0.15, -0.1) is 11.3 Å². The Morgan fingerprint density at radius 1 is 1.65 bits per heavy atom. The number of carboxylic acid groups (broad SMARTS) is 1. The predicted molar refractivity (Wildman–Crippen MR) is 76.7 cm³/mol. The van der Waals surface area contributed by atoms with E-state index in [1.165, 1.54) is 0 Å². The van der Waals surface area contributed by atoms with Crippen molar-refractivity contribution in [2.24, 2.45) is 0 Å². The molecule has 2 heterocycles. The first kappa shape index (κ1) is 15.0. The molecule has 2 unspecified atom stereocenters. The third kappa shape index (κ3) is 3.78. The van der Waals surface area contributed by atoms with Crippen molar-refractivity contribution in [3.63, 3.8) is 0 Å². The average molecular weight is 297 g/mol. The maximum absolute atomic E-state index is 12.0. The number of carbonyl (C=O) groups is 2. The van der Waals surface area contributed by atoms with Crippen molar-refractivity contribution in [1.82, 2.24) is 15.5 Å². The topological polar surface area (TPSA) is 81.7 Å². The Kier molecular flexibility index (Phi) is 5.11. The van der Waals surface area contributed by atoms with Crippen molar-refractivity contribution in [2.45, 2.75) is 19.0 Å². The highest BCUT2D eigenvalue weighted by Crippen LogP contribution is 2.18. The van der Waals surface area contributed by atoms with Crippen molar-refractivity contribution in [3.05, 3.63) is 22.4 Å². The van der Waals surface area contributed by atoms with Gasteiger partial charge in [0.2, 0.25) is 5.91 Å². The zero-order valence-electron chi connectivity index (χ0n) is 11.3. The van der Waals surface area contributed by atoms with E-state index in [9.17, 15) is 9.59 Å². The minimum atomic E-state index is -0.892. The molecule has 0 radical (unpaired) electrons. The van der Waals surface area contributed by atoms with Gasteiger partial charge in [0.05, 0.1) is 12.6 Å². The van der Waals surface area contributed by atoms with Crippen molar-refractivity contribution in [3.8, 4) is 0 Å². The first-order valence-corrected chi connectivity index (χ1v) is 7.46. The first-order chi connectivity index (χ1) is 9.58. The van der Waals surface area contributed by atoms with Crippen LogP contribution in [-0.2, 0) is 9.59 Å². The average Bonchev–Trinajstić information content (AvgIpc) is 2.92. The van der Waals surface area contributed by atoms with E-state index in [0.29, 0.717) is 19.6 Å². The number of carbonyl (C=O) groups excluding carboxylic acids is 1. The van der Waals surface area contributed by atoms with Crippen molar-refractivity contribution < 1.29 is 14.7 Å². The summed E-state index contributed by atoms with van der Waals surface area (Å²) in [5.41, 5.74) is 0. The largest absolute Gasteiger partial charge is 0.480 e. The van der Waals surface area contributed by atoms with Gasteiger partial charge in [0.1, 0.15) is 6.04 Å². The maximum Gasteiger partial charge on any atom is 0.322 e. The molecule has 6 nitrogen and oxygen atoms in total. The van der Waals surface area contributed by atoms with Gasteiger partial charge in [-0.1, -0.05) is 6.07 Å². The van der Waals surface area contributed by atoms with E-state index in [2.05, 4.69) is 10.6 Å². The fourth-order valence-electron chi connectivity index (χ4n) is 2.26. The second kappa shape index (κ2) is 6.83. The molecule has 0 bridgehead atoms. The Bertz CT molecular complexity index is 463.